The van der Waals surface area contributed by atoms with Crippen LogP contribution in [0, 0.1) is 0 Å². The molecule has 2 aromatic rings. The lowest BCUT2D eigenvalue weighted by Gasteiger charge is -1.99. The second kappa shape index (κ2) is 5.44. The molecule has 0 aromatic carbocycles. The van der Waals surface area contributed by atoms with Gasteiger partial charge in [-0.15, -0.1) is 0 Å². The molecule has 7 heteroatoms. The lowest BCUT2D eigenvalue weighted by atomic mass is 10.3. The molecule has 0 spiro atoms. The molecule has 0 aliphatic carbocycles. The van der Waals surface area contributed by atoms with Crippen LogP contribution in [-0.2, 0) is 11.2 Å². The van der Waals surface area contributed by atoms with Gasteiger partial charge in [-0.1, -0.05) is 11.3 Å². The largest absolute Gasteiger partial charge is 0.465 e. The SMILES string of the molecule is COC(=O)c1cnc(NCCc2cnc[nH]2)s1. The van der Waals surface area contributed by atoms with Crippen LogP contribution in [0.4, 0.5) is 5.13 Å². The van der Waals surface area contributed by atoms with E-state index in [9.17, 15) is 4.79 Å². The zero-order valence-electron chi connectivity index (χ0n) is 9.27. The topological polar surface area (TPSA) is 79.9 Å². The van der Waals surface area contributed by atoms with Crippen molar-refractivity contribution in [1.29, 1.82) is 0 Å². The summed E-state index contributed by atoms with van der Waals surface area (Å²) in [6.45, 7) is 0.732. The summed E-state index contributed by atoms with van der Waals surface area (Å²) in [6, 6.07) is 0. The van der Waals surface area contributed by atoms with E-state index in [1.807, 2.05) is 0 Å². The van der Waals surface area contributed by atoms with Crippen molar-refractivity contribution in [3.63, 3.8) is 0 Å². The number of imidazole rings is 1. The van der Waals surface area contributed by atoms with E-state index in [1.165, 1.54) is 24.6 Å². The molecule has 2 heterocycles. The standard InChI is InChI=1S/C10H12N4O2S/c1-16-9(15)8-5-13-10(17-8)12-3-2-7-4-11-6-14-7/h4-6H,2-3H2,1H3,(H,11,14)(H,12,13). The summed E-state index contributed by atoms with van der Waals surface area (Å²) in [7, 11) is 1.35. The molecule has 0 saturated heterocycles. The van der Waals surface area contributed by atoms with E-state index >= 15 is 0 Å². The Morgan fingerprint density at radius 3 is 3.18 bits per heavy atom. The maximum Gasteiger partial charge on any atom is 0.349 e. The monoisotopic (exact) mass is 252 g/mol. The number of ether oxygens (including phenoxy) is 1. The molecule has 17 heavy (non-hydrogen) atoms. The summed E-state index contributed by atoms with van der Waals surface area (Å²) in [5.74, 6) is -0.357. The van der Waals surface area contributed by atoms with Gasteiger partial charge in [0.25, 0.3) is 0 Å². The Kier molecular flexibility index (Phi) is 3.71. The minimum atomic E-state index is -0.357. The smallest absolute Gasteiger partial charge is 0.349 e. The Labute approximate surface area is 102 Å². The van der Waals surface area contributed by atoms with Crippen molar-refractivity contribution in [2.24, 2.45) is 0 Å². The highest BCUT2D eigenvalue weighted by atomic mass is 32.1. The molecule has 0 amide bonds. The first kappa shape index (κ1) is 11.6. The number of hydrogen-bond donors (Lipinski definition) is 2. The molecule has 2 aromatic heterocycles. The van der Waals surface area contributed by atoms with Crippen molar-refractivity contribution in [3.8, 4) is 0 Å². The molecule has 0 saturated carbocycles. The second-order valence-corrected chi connectivity index (χ2v) is 4.31. The van der Waals surface area contributed by atoms with Gasteiger partial charge in [-0.3, -0.25) is 0 Å². The quantitative estimate of drug-likeness (QED) is 0.784. The fourth-order valence-corrected chi connectivity index (χ4v) is 2.04. The molecular weight excluding hydrogens is 240 g/mol. The highest BCUT2D eigenvalue weighted by molar-refractivity contribution is 7.17. The highest BCUT2D eigenvalue weighted by Crippen LogP contribution is 2.18. The Balaban J connectivity index is 1.83. The van der Waals surface area contributed by atoms with Gasteiger partial charge in [-0.25, -0.2) is 14.8 Å². The number of anilines is 1. The zero-order valence-corrected chi connectivity index (χ0v) is 10.1. The molecule has 0 atom stereocenters. The fraction of sp³-hybridized carbons (Fsp3) is 0.300. The number of thiazole rings is 1. The molecule has 0 unspecified atom stereocenters. The normalized spacial score (nSPS) is 10.2. The predicted octanol–water partition coefficient (Wildman–Crippen LogP) is 1.31. The number of nitrogens with zero attached hydrogens (tertiary/aromatic N) is 2. The summed E-state index contributed by atoms with van der Waals surface area (Å²) < 4.78 is 4.60. The molecule has 0 aliphatic rings. The van der Waals surface area contributed by atoms with Gasteiger partial charge in [0.15, 0.2) is 5.13 Å². The van der Waals surface area contributed by atoms with E-state index in [0.717, 1.165) is 18.7 Å². The van der Waals surface area contributed by atoms with E-state index in [0.29, 0.717) is 10.0 Å². The van der Waals surface area contributed by atoms with Gasteiger partial charge in [-0.2, -0.15) is 0 Å². The number of carbonyl (C=O) groups excluding carboxylic acids is 1. The summed E-state index contributed by atoms with van der Waals surface area (Å²) >= 11 is 1.28. The lowest BCUT2D eigenvalue weighted by Crippen LogP contribution is -2.04. The third-order valence-electron chi connectivity index (χ3n) is 2.12. The van der Waals surface area contributed by atoms with Crippen LogP contribution in [0.3, 0.4) is 0 Å². The van der Waals surface area contributed by atoms with Crippen molar-refractivity contribution in [3.05, 3.63) is 29.3 Å². The van der Waals surface area contributed by atoms with Crippen molar-refractivity contribution < 1.29 is 9.53 Å². The average Bonchev–Trinajstić information content (AvgIpc) is 2.99. The van der Waals surface area contributed by atoms with E-state index in [4.69, 9.17) is 0 Å². The summed E-state index contributed by atoms with van der Waals surface area (Å²) in [6.07, 6.45) is 5.76. The summed E-state index contributed by atoms with van der Waals surface area (Å²) in [5.41, 5.74) is 1.06. The molecule has 0 fully saturated rings. The Morgan fingerprint density at radius 1 is 1.59 bits per heavy atom. The molecule has 0 bridgehead atoms. The van der Waals surface area contributed by atoms with Crippen LogP contribution in [-0.4, -0.2) is 34.6 Å². The number of esters is 1. The van der Waals surface area contributed by atoms with Crippen LogP contribution in [0.15, 0.2) is 18.7 Å². The molecule has 90 valence electrons. The number of nitrogens with one attached hydrogen (secondary N) is 2. The summed E-state index contributed by atoms with van der Waals surface area (Å²) in [4.78, 5) is 22.7. The number of aromatic amines is 1. The van der Waals surface area contributed by atoms with Gasteiger partial charge in [0.1, 0.15) is 4.88 Å². The lowest BCUT2D eigenvalue weighted by molar-refractivity contribution is 0.0606. The first-order valence-corrected chi connectivity index (χ1v) is 5.86. The first-order chi connectivity index (χ1) is 8.29. The third kappa shape index (κ3) is 3.04. The number of aromatic nitrogens is 3. The zero-order chi connectivity index (χ0) is 12.1. The Morgan fingerprint density at radius 2 is 2.47 bits per heavy atom. The number of hydrogen-bond acceptors (Lipinski definition) is 6. The van der Waals surface area contributed by atoms with E-state index in [1.54, 1.807) is 12.5 Å². The minimum Gasteiger partial charge on any atom is -0.465 e. The molecule has 0 aliphatic heterocycles. The van der Waals surface area contributed by atoms with Crippen LogP contribution in [0.2, 0.25) is 0 Å². The number of carbonyl (C=O) groups is 1. The number of H-pyrrole nitrogens is 1. The van der Waals surface area contributed by atoms with E-state index in [2.05, 4.69) is 25.0 Å². The molecule has 2 rings (SSSR count). The van der Waals surface area contributed by atoms with Crippen LogP contribution in [0.25, 0.3) is 0 Å². The predicted molar refractivity (Wildman–Crippen MR) is 64.2 cm³/mol. The number of methoxy groups -OCH3 is 1. The molecule has 2 N–H and O–H groups in total. The molecular formula is C10H12N4O2S. The first-order valence-electron chi connectivity index (χ1n) is 5.05. The Bertz CT molecular complexity index is 480. The van der Waals surface area contributed by atoms with E-state index < -0.39 is 0 Å². The van der Waals surface area contributed by atoms with Gasteiger partial charge in [0.2, 0.25) is 0 Å². The summed E-state index contributed by atoms with van der Waals surface area (Å²) in [5, 5.41) is 3.85. The van der Waals surface area contributed by atoms with E-state index in [-0.39, 0.29) is 5.97 Å². The van der Waals surface area contributed by atoms with Crippen LogP contribution in [0.1, 0.15) is 15.4 Å². The average molecular weight is 252 g/mol. The van der Waals surface area contributed by atoms with Gasteiger partial charge < -0.3 is 15.0 Å². The van der Waals surface area contributed by atoms with Gasteiger partial charge in [0, 0.05) is 24.9 Å². The minimum absolute atomic E-state index is 0.357. The van der Waals surface area contributed by atoms with Gasteiger partial charge in [-0.05, 0) is 0 Å². The molecule has 0 radical (unpaired) electrons. The molecule has 6 nitrogen and oxygen atoms in total. The van der Waals surface area contributed by atoms with Crippen LogP contribution >= 0.6 is 11.3 Å². The van der Waals surface area contributed by atoms with Crippen molar-refractivity contribution in [1.82, 2.24) is 15.0 Å². The fourth-order valence-electron chi connectivity index (χ4n) is 1.28. The maximum absolute atomic E-state index is 11.2. The van der Waals surface area contributed by atoms with Crippen LogP contribution in [0.5, 0.6) is 0 Å². The van der Waals surface area contributed by atoms with Gasteiger partial charge >= 0.3 is 5.97 Å². The van der Waals surface area contributed by atoms with Gasteiger partial charge in [0.05, 0.1) is 19.6 Å². The highest BCUT2D eigenvalue weighted by Gasteiger charge is 2.09. The van der Waals surface area contributed by atoms with Crippen molar-refractivity contribution in [2.75, 3.05) is 19.0 Å². The van der Waals surface area contributed by atoms with Crippen LogP contribution < -0.4 is 5.32 Å². The number of rotatable bonds is 5. The maximum atomic E-state index is 11.2. The Hall–Kier alpha value is -1.89. The van der Waals surface area contributed by atoms with Crippen molar-refractivity contribution >= 4 is 22.4 Å². The third-order valence-corrected chi connectivity index (χ3v) is 3.05. The van der Waals surface area contributed by atoms with Crippen molar-refractivity contribution in [2.45, 2.75) is 6.42 Å². The second-order valence-electron chi connectivity index (χ2n) is 3.27.